The topological polar surface area (TPSA) is 25.8 Å². The van der Waals surface area contributed by atoms with Gasteiger partial charge in [0.05, 0.1) is 11.4 Å². The summed E-state index contributed by atoms with van der Waals surface area (Å²) in [6.07, 6.45) is 0. The van der Waals surface area contributed by atoms with Crippen LogP contribution in [0.4, 0.5) is 0 Å². The molecule has 0 saturated heterocycles. The van der Waals surface area contributed by atoms with Crippen LogP contribution < -0.4 is 0 Å². The zero-order valence-corrected chi connectivity index (χ0v) is 31.9. The lowest BCUT2D eigenvalue weighted by Gasteiger charge is -2.22. The minimum absolute atomic E-state index is 0.0747. The molecule has 268 valence electrons. The van der Waals surface area contributed by atoms with Gasteiger partial charge in [-0.3, -0.25) is 0 Å². The average molecular weight is 727 g/mol. The zero-order chi connectivity index (χ0) is 38.1. The standard InChI is InChI=1S/C55H38N2/c1-55(2)49-30-27-39(33-48(49)53-44-22-9-7-15-36(44)26-31-50(53)55)43-28-29-47(46-24-11-10-23-45(43)46)52-34-51(56-54(57-52)37-16-4-3-5-17-37)40-20-12-19-38(32-40)42-25-13-18-35-14-6-8-21-41(35)42/h3-34H,1-2H3. The molecule has 10 aromatic rings. The first-order valence-electron chi connectivity index (χ1n) is 19.7. The van der Waals surface area contributed by atoms with E-state index < -0.39 is 0 Å². The van der Waals surface area contributed by atoms with E-state index in [4.69, 9.17) is 9.97 Å². The zero-order valence-electron chi connectivity index (χ0n) is 31.9. The highest BCUT2D eigenvalue weighted by Gasteiger charge is 2.36. The van der Waals surface area contributed by atoms with E-state index in [-0.39, 0.29) is 5.41 Å². The molecule has 57 heavy (non-hydrogen) atoms. The van der Waals surface area contributed by atoms with E-state index in [2.05, 4.69) is 202 Å². The Morgan fingerprint density at radius 2 is 0.895 bits per heavy atom. The summed E-state index contributed by atoms with van der Waals surface area (Å²) in [4.78, 5) is 10.5. The second kappa shape index (κ2) is 13.0. The van der Waals surface area contributed by atoms with Crippen molar-refractivity contribution in [2.45, 2.75) is 19.3 Å². The molecule has 9 aromatic carbocycles. The molecule has 0 spiro atoms. The van der Waals surface area contributed by atoms with Crippen LogP contribution in [0, 0.1) is 0 Å². The molecule has 1 aliphatic rings. The van der Waals surface area contributed by atoms with Crippen LogP contribution in [0.5, 0.6) is 0 Å². The second-order valence-corrected chi connectivity index (χ2v) is 15.7. The second-order valence-electron chi connectivity index (χ2n) is 15.7. The van der Waals surface area contributed by atoms with Crippen LogP contribution in [0.15, 0.2) is 194 Å². The quantitative estimate of drug-likeness (QED) is 0.176. The van der Waals surface area contributed by atoms with Gasteiger partial charge in [-0.05, 0) is 95.0 Å². The summed E-state index contributed by atoms with van der Waals surface area (Å²) in [6.45, 7) is 4.71. The van der Waals surface area contributed by atoms with Gasteiger partial charge >= 0.3 is 0 Å². The average Bonchev–Trinajstić information content (AvgIpc) is 3.51. The van der Waals surface area contributed by atoms with Crippen LogP contribution in [0.2, 0.25) is 0 Å². The fourth-order valence-electron chi connectivity index (χ4n) is 9.24. The van der Waals surface area contributed by atoms with E-state index in [0.717, 1.165) is 39.0 Å². The SMILES string of the molecule is CC1(C)c2ccc(-c3ccc(-c4cc(-c5cccc(-c6cccc7ccccc67)c5)nc(-c5ccccc5)n4)c4ccccc34)cc2-c2c1ccc1ccccc21. The van der Waals surface area contributed by atoms with Crippen LogP contribution in [0.1, 0.15) is 25.0 Å². The van der Waals surface area contributed by atoms with Gasteiger partial charge in [0.15, 0.2) is 5.82 Å². The van der Waals surface area contributed by atoms with Crippen molar-refractivity contribution in [2.24, 2.45) is 0 Å². The molecule has 0 fully saturated rings. The maximum atomic E-state index is 5.28. The fraction of sp³-hybridized carbons (Fsp3) is 0.0545. The number of hydrogen-bond acceptors (Lipinski definition) is 2. The molecule has 0 atom stereocenters. The molecule has 1 heterocycles. The van der Waals surface area contributed by atoms with Gasteiger partial charge in [-0.15, -0.1) is 0 Å². The molecule has 11 rings (SSSR count). The molecule has 2 heteroatoms. The van der Waals surface area contributed by atoms with Gasteiger partial charge in [-0.2, -0.15) is 0 Å². The lowest BCUT2D eigenvalue weighted by Crippen LogP contribution is -2.14. The van der Waals surface area contributed by atoms with E-state index in [9.17, 15) is 0 Å². The first-order valence-corrected chi connectivity index (χ1v) is 19.7. The third-order valence-corrected chi connectivity index (χ3v) is 12.1. The van der Waals surface area contributed by atoms with Crippen molar-refractivity contribution in [3.05, 3.63) is 205 Å². The van der Waals surface area contributed by atoms with Gasteiger partial charge < -0.3 is 0 Å². The first-order chi connectivity index (χ1) is 28.0. The van der Waals surface area contributed by atoms with Crippen molar-refractivity contribution in [3.63, 3.8) is 0 Å². The van der Waals surface area contributed by atoms with Crippen molar-refractivity contribution in [3.8, 4) is 67.3 Å². The Morgan fingerprint density at radius 1 is 0.333 bits per heavy atom. The van der Waals surface area contributed by atoms with Crippen molar-refractivity contribution in [2.75, 3.05) is 0 Å². The Bertz CT molecular complexity index is 3210. The molecule has 0 aliphatic heterocycles. The van der Waals surface area contributed by atoms with Gasteiger partial charge in [0.2, 0.25) is 0 Å². The monoisotopic (exact) mass is 726 g/mol. The number of nitrogens with zero attached hydrogens (tertiary/aromatic N) is 2. The summed E-state index contributed by atoms with van der Waals surface area (Å²) in [7, 11) is 0. The van der Waals surface area contributed by atoms with Crippen LogP contribution in [-0.2, 0) is 5.41 Å². The van der Waals surface area contributed by atoms with E-state index in [1.54, 1.807) is 0 Å². The summed E-state index contributed by atoms with van der Waals surface area (Å²) in [5.41, 5.74) is 15.1. The minimum atomic E-state index is -0.0747. The molecular weight excluding hydrogens is 689 g/mol. The molecule has 1 aromatic heterocycles. The fourth-order valence-corrected chi connectivity index (χ4v) is 9.24. The molecular formula is C55H38N2. The summed E-state index contributed by atoms with van der Waals surface area (Å²) in [6, 6.07) is 70.1. The van der Waals surface area contributed by atoms with Gasteiger partial charge in [-0.1, -0.05) is 190 Å². The van der Waals surface area contributed by atoms with Crippen LogP contribution >= 0.6 is 0 Å². The van der Waals surface area contributed by atoms with Crippen LogP contribution in [0.25, 0.3) is 99.6 Å². The van der Waals surface area contributed by atoms with Crippen molar-refractivity contribution < 1.29 is 0 Å². The molecule has 2 nitrogen and oxygen atoms in total. The van der Waals surface area contributed by atoms with Crippen LogP contribution in [-0.4, -0.2) is 9.97 Å². The summed E-state index contributed by atoms with van der Waals surface area (Å²) < 4.78 is 0. The number of fused-ring (bicyclic) bond motifs is 7. The third-order valence-electron chi connectivity index (χ3n) is 12.1. The molecule has 1 aliphatic carbocycles. The Labute approximate surface area is 332 Å². The lowest BCUT2D eigenvalue weighted by atomic mass is 9.81. The number of aromatic nitrogens is 2. The van der Waals surface area contributed by atoms with Crippen molar-refractivity contribution in [1.82, 2.24) is 9.97 Å². The number of hydrogen-bond donors (Lipinski definition) is 0. The molecule has 0 bridgehead atoms. The maximum Gasteiger partial charge on any atom is 0.160 e. The Hall–Kier alpha value is -7.16. The molecule has 0 amide bonds. The van der Waals surface area contributed by atoms with E-state index >= 15 is 0 Å². The Balaban J connectivity index is 1.07. The van der Waals surface area contributed by atoms with Gasteiger partial charge in [0.25, 0.3) is 0 Å². The lowest BCUT2D eigenvalue weighted by molar-refractivity contribution is 0.661. The number of benzene rings is 9. The smallest absolute Gasteiger partial charge is 0.160 e. The minimum Gasteiger partial charge on any atom is -0.228 e. The van der Waals surface area contributed by atoms with Crippen molar-refractivity contribution in [1.29, 1.82) is 0 Å². The Morgan fingerprint density at radius 3 is 1.72 bits per heavy atom. The summed E-state index contributed by atoms with van der Waals surface area (Å²) in [5.74, 6) is 0.707. The predicted octanol–water partition coefficient (Wildman–Crippen LogP) is 14.6. The maximum absolute atomic E-state index is 5.28. The van der Waals surface area contributed by atoms with Gasteiger partial charge in [0.1, 0.15) is 0 Å². The molecule has 0 unspecified atom stereocenters. The van der Waals surface area contributed by atoms with E-state index in [1.165, 1.54) is 65.9 Å². The summed E-state index contributed by atoms with van der Waals surface area (Å²) >= 11 is 0. The highest BCUT2D eigenvalue weighted by molar-refractivity contribution is 6.07. The number of rotatable bonds is 5. The normalized spacial score (nSPS) is 12.9. The molecule has 0 saturated carbocycles. The Kier molecular flexibility index (Phi) is 7.55. The van der Waals surface area contributed by atoms with E-state index in [0.29, 0.717) is 5.82 Å². The van der Waals surface area contributed by atoms with Crippen molar-refractivity contribution >= 4 is 32.3 Å². The summed E-state index contributed by atoms with van der Waals surface area (Å²) in [5, 5.41) is 7.42. The molecule has 0 radical (unpaired) electrons. The highest BCUT2D eigenvalue weighted by atomic mass is 14.9. The largest absolute Gasteiger partial charge is 0.228 e. The first kappa shape index (κ1) is 33.2. The van der Waals surface area contributed by atoms with Gasteiger partial charge in [0, 0.05) is 22.1 Å². The van der Waals surface area contributed by atoms with Gasteiger partial charge in [-0.25, -0.2) is 9.97 Å². The van der Waals surface area contributed by atoms with Crippen LogP contribution in [0.3, 0.4) is 0 Å². The molecule has 0 N–H and O–H groups in total. The highest BCUT2D eigenvalue weighted by Crippen LogP contribution is 2.52. The van der Waals surface area contributed by atoms with E-state index in [1.807, 2.05) is 6.07 Å². The predicted molar refractivity (Wildman–Crippen MR) is 239 cm³/mol. The third kappa shape index (κ3) is 5.40.